The number of nitrogens with zero attached hydrogens (tertiary/aromatic N) is 2. The molecule has 0 aromatic heterocycles. The van der Waals surface area contributed by atoms with Crippen LogP contribution in [0.25, 0.3) is 0 Å². The smallest absolute Gasteiger partial charge is 0.433 e. The van der Waals surface area contributed by atoms with Crippen molar-refractivity contribution in [2.45, 2.75) is 12.5 Å². The second-order valence-electron chi connectivity index (χ2n) is 2.74. The van der Waals surface area contributed by atoms with Crippen LogP contribution in [0.5, 0.6) is 0 Å². The second kappa shape index (κ2) is 3.37. The molecule has 13 heavy (non-hydrogen) atoms. The molecule has 0 aromatic rings. The van der Waals surface area contributed by atoms with Gasteiger partial charge in [-0.2, -0.15) is 13.2 Å². The molecule has 0 aliphatic carbocycles. The van der Waals surface area contributed by atoms with Gasteiger partial charge in [-0.1, -0.05) is 0 Å². The fraction of sp³-hybridized carbons (Fsp3) is 0.571. The molecule has 1 unspecified atom stereocenters. The lowest BCUT2D eigenvalue weighted by molar-refractivity contribution is -0.0624. The number of allylic oxidation sites excluding steroid dienone is 1. The van der Waals surface area contributed by atoms with Crippen molar-refractivity contribution in [3.05, 3.63) is 12.3 Å². The van der Waals surface area contributed by atoms with Crippen molar-refractivity contribution < 1.29 is 17.9 Å². The summed E-state index contributed by atoms with van der Waals surface area (Å²) < 4.78 is 41.2. The highest BCUT2D eigenvalue weighted by atomic mass is 19.4. The van der Waals surface area contributed by atoms with E-state index in [1.54, 1.807) is 14.1 Å². The Labute approximate surface area is 73.5 Å². The maximum Gasteiger partial charge on any atom is 0.433 e. The lowest BCUT2D eigenvalue weighted by Crippen LogP contribution is -2.34. The minimum Gasteiger partial charge on any atom is -0.463 e. The summed E-state index contributed by atoms with van der Waals surface area (Å²) in [5.41, 5.74) is -0.919. The Hall–Kier alpha value is -1.04. The largest absolute Gasteiger partial charge is 0.463 e. The van der Waals surface area contributed by atoms with Gasteiger partial charge < -0.3 is 4.74 Å². The molecule has 0 bridgehead atoms. The molecule has 0 N–H and O–H groups in total. The van der Waals surface area contributed by atoms with Crippen LogP contribution in [0.15, 0.2) is 17.3 Å². The molecule has 3 nitrogen and oxygen atoms in total. The molecule has 1 atom stereocenters. The summed E-state index contributed by atoms with van der Waals surface area (Å²) in [6.07, 6.45) is -3.49. The number of hydrogen-bond acceptors (Lipinski definition) is 3. The molecular formula is C7H9F3N2O. The highest BCUT2D eigenvalue weighted by Gasteiger charge is 2.36. The van der Waals surface area contributed by atoms with Gasteiger partial charge in [0.2, 0.25) is 6.35 Å². The predicted molar refractivity (Wildman–Crippen MR) is 41.2 cm³/mol. The Kier molecular flexibility index (Phi) is 2.60. The summed E-state index contributed by atoms with van der Waals surface area (Å²) in [5, 5.41) is 0. The standard InChI is InChI=1S/C7H9F3N2O/c1-12(2)6-11-5(3-4-13-6)7(8,9)10/h3-4,6H,1-2H3. The molecule has 74 valence electrons. The Morgan fingerprint density at radius 2 is 2.08 bits per heavy atom. The third-order valence-corrected chi connectivity index (χ3v) is 1.41. The van der Waals surface area contributed by atoms with E-state index in [0.717, 1.165) is 12.3 Å². The SMILES string of the molecule is CN(C)C1N=C(C(F)(F)F)C=CO1. The molecule has 1 aliphatic heterocycles. The Bertz CT molecular complexity index is 245. The number of ether oxygens (including phenoxy) is 1. The fourth-order valence-electron chi connectivity index (χ4n) is 0.771. The van der Waals surface area contributed by atoms with Crippen LogP contribution >= 0.6 is 0 Å². The van der Waals surface area contributed by atoms with E-state index in [1.807, 2.05) is 0 Å². The van der Waals surface area contributed by atoms with E-state index in [4.69, 9.17) is 4.74 Å². The quantitative estimate of drug-likeness (QED) is 0.630. The van der Waals surface area contributed by atoms with Gasteiger partial charge in [0.1, 0.15) is 5.71 Å². The number of hydrogen-bond donors (Lipinski definition) is 0. The fourth-order valence-corrected chi connectivity index (χ4v) is 0.771. The van der Waals surface area contributed by atoms with Gasteiger partial charge in [0.15, 0.2) is 0 Å². The van der Waals surface area contributed by atoms with Gasteiger partial charge in [-0.25, -0.2) is 4.99 Å². The number of rotatable bonds is 1. The molecule has 0 fully saturated rings. The van der Waals surface area contributed by atoms with Gasteiger partial charge >= 0.3 is 6.18 Å². The molecule has 1 heterocycles. The molecule has 0 spiro atoms. The van der Waals surface area contributed by atoms with Crippen molar-refractivity contribution in [2.75, 3.05) is 14.1 Å². The first-order valence-electron chi connectivity index (χ1n) is 3.54. The highest BCUT2D eigenvalue weighted by Crippen LogP contribution is 2.21. The minimum atomic E-state index is -4.41. The molecule has 1 aliphatic rings. The Balaban J connectivity index is 2.81. The average molecular weight is 194 g/mol. The minimum absolute atomic E-state index is 0.806. The molecule has 0 aromatic carbocycles. The van der Waals surface area contributed by atoms with Crippen molar-refractivity contribution in [3.63, 3.8) is 0 Å². The van der Waals surface area contributed by atoms with Crippen LogP contribution in [0.3, 0.4) is 0 Å². The highest BCUT2D eigenvalue weighted by molar-refractivity contribution is 5.99. The monoisotopic (exact) mass is 194 g/mol. The molecular weight excluding hydrogens is 185 g/mol. The van der Waals surface area contributed by atoms with E-state index in [0.29, 0.717) is 0 Å². The third-order valence-electron chi connectivity index (χ3n) is 1.41. The topological polar surface area (TPSA) is 24.8 Å². The third kappa shape index (κ3) is 2.45. The number of aliphatic imine (C=N–C) groups is 1. The van der Waals surface area contributed by atoms with Gasteiger partial charge in [0.25, 0.3) is 0 Å². The summed E-state index contributed by atoms with van der Waals surface area (Å²) in [7, 11) is 3.17. The Morgan fingerprint density at radius 3 is 2.54 bits per heavy atom. The van der Waals surface area contributed by atoms with Crippen molar-refractivity contribution in [2.24, 2.45) is 4.99 Å². The lowest BCUT2D eigenvalue weighted by atomic mass is 10.3. The first kappa shape index (κ1) is 10.0. The van der Waals surface area contributed by atoms with Gasteiger partial charge in [-0.05, 0) is 14.1 Å². The van der Waals surface area contributed by atoms with Gasteiger partial charge in [-0.3, -0.25) is 4.90 Å². The maximum absolute atomic E-state index is 12.1. The Morgan fingerprint density at radius 1 is 1.46 bits per heavy atom. The summed E-state index contributed by atoms with van der Waals surface area (Å²) in [4.78, 5) is 4.80. The molecule has 1 rings (SSSR count). The van der Waals surface area contributed by atoms with Crippen molar-refractivity contribution in [3.8, 4) is 0 Å². The van der Waals surface area contributed by atoms with Gasteiger partial charge in [0, 0.05) is 6.08 Å². The molecule has 6 heteroatoms. The van der Waals surface area contributed by atoms with Crippen LogP contribution in [-0.4, -0.2) is 37.2 Å². The molecule has 0 saturated heterocycles. The van der Waals surface area contributed by atoms with Crippen LogP contribution < -0.4 is 0 Å². The predicted octanol–water partition coefficient (Wildman–Crippen LogP) is 1.38. The molecule has 0 radical (unpaired) electrons. The summed E-state index contributed by atoms with van der Waals surface area (Å²) >= 11 is 0. The molecule has 0 saturated carbocycles. The summed E-state index contributed by atoms with van der Waals surface area (Å²) in [6.45, 7) is 0. The van der Waals surface area contributed by atoms with E-state index in [2.05, 4.69) is 4.99 Å². The lowest BCUT2D eigenvalue weighted by Gasteiger charge is -2.23. The van der Waals surface area contributed by atoms with E-state index >= 15 is 0 Å². The van der Waals surface area contributed by atoms with Crippen LogP contribution in [0.4, 0.5) is 13.2 Å². The zero-order valence-corrected chi connectivity index (χ0v) is 7.17. The normalized spacial score (nSPS) is 22.9. The van der Waals surface area contributed by atoms with Gasteiger partial charge in [0.05, 0.1) is 6.26 Å². The first-order chi connectivity index (χ1) is 5.91. The van der Waals surface area contributed by atoms with Crippen molar-refractivity contribution in [1.82, 2.24) is 4.90 Å². The van der Waals surface area contributed by atoms with Crippen molar-refractivity contribution >= 4 is 5.71 Å². The molecule has 0 amide bonds. The summed E-state index contributed by atoms with van der Waals surface area (Å²) in [6, 6.07) is 0. The maximum atomic E-state index is 12.1. The average Bonchev–Trinajstić information content (AvgIpc) is 2.03. The van der Waals surface area contributed by atoms with Crippen LogP contribution in [0.1, 0.15) is 0 Å². The van der Waals surface area contributed by atoms with E-state index in [1.165, 1.54) is 4.90 Å². The van der Waals surface area contributed by atoms with Gasteiger partial charge in [-0.15, -0.1) is 0 Å². The number of alkyl halides is 3. The van der Waals surface area contributed by atoms with Crippen LogP contribution in [-0.2, 0) is 4.74 Å². The van der Waals surface area contributed by atoms with Crippen molar-refractivity contribution in [1.29, 1.82) is 0 Å². The first-order valence-corrected chi connectivity index (χ1v) is 3.54. The zero-order valence-electron chi connectivity index (χ0n) is 7.17. The number of halogens is 3. The van der Waals surface area contributed by atoms with Crippen LogP contribution in [0.2, 0.25) is 0 Å². The van der Waals surface area contributed by atoms with E-state index in [9.17, 15) is 13.2 Å². The summed E-state index contributed by atoms with van der Waals surface area (Å²) in [5.74, 6) is 0. The van der Waals surface area contributed by atoms with E-state index < -0.39 is 18.2 Å². The zero-order chi connectivity index (χ0) is 10.1. The van der Waals surface area contributed by atoms with E-state index in [-0.39, 0.29) is 0 Å². The second-order valence-corrected chi connectivity index (χ2v) is 2.74. The van der Waals surface area contributed by atoms with Crippen LogP contribution in [0, 0.1) is 0 Å².